The molecule has 0 spiro atoms. The van der Waals surface area contributed by atoms with Crippen molar-refractivity contribution in [1.29, 1.82) is 0 Å². The molecule has 1 amide bonds. The van der Waals surface area contributed by atoms with Gasteiger partial charge < -0.3 is 15.2 Å². The highest BCUT2D eigenvalue weighted by molar-refractivity contribution is 7.78. The maximum atomic E-state index is 10.9. The number of rotatable bonds is 7. The Kier molecular flexibility index (Phi) is 5.72. The van der Waals surface area contributed by atoms with Crippen LogP contribution < -0.4 is 10.6 Å². The van der Waals surface area contributed by atoms with E-state index in [1.807, 2.05) is 24.3 Å². The molecule has 1 unspecified atom stereocenters. The van der Waals surface area contributed by atoms with Gasteiger partial charge in [0.2, 0.25) is 6.41 Å². The lowest BCUT2D eigenvalue weighted by atomic mass is 10.0. The van der Waals surface area contributed by atoms with Gasteiger partial charge in [-0.05, 0) is 23.6 Å². The number of nitrogens with zero attached hydrogens (tertiary/aromatic N) is 3. The fourth-order valence-corrected chi connectivity index (χ4v) is 2.20. The Balaban J connectivity index is 2.27. The molecular weight excluding hydrogens is 318 g/mol. The van der Waals surface area contributed by atoms with Crippen LogP contribution in [0.2, 0.25) is 0 Å². The van der Waals surface area contributed by atoms with Crippen LogP contribution in [0, 0.1) is 0 Å². The smallest absolute Gasteiger partial charge is 0.212 e. The molecule has 122 valence electrons. The minimum atomic E-state index is -2.07. The van der Waals surface area contributed by atoms with E-state index < -0.39 is 11.1 Å². The van der Waals surface area contributed by atoms with Crippen molar-refractivity contribution >= 4 is 34.8 Å². The highest BCUT2D eigenvalue weighted by Crippen LogP contribution is 2.23. The Bertz CT molecular complexity index is 706. The van der Waals surface area contributed by atoms with Crippen LogP contribution in [0.3, 0.4) is 0 Å². The molecule has 2 rings (SSSR count). The Morgan fingerprint density at radius 3 is 2.48 bits per heavy atom. The number of hydrogen-bond donors (Lipinski definition) is 3. The molecule has 9 heteroatoms. The maximum absolute atomic E-state index is 10.9. The summed E-state index contributed by atoms with van der Waals surface area (Å²) in [4.78, 5) is 14.8. The Labute approximate surface area is 136 Å². The molecule has 0 radical (unpaired) electrons. The van der Waals surface area contributed by atoms with E-state index in [4.69, 9.17) is 4.55 Å². The van der Waals surface area contributed by atoms with Crippen molar-refractivity contribution in [1.82, 2.24) is 15.2 Å². The van der Waals surface area contributed by atoms with Gasteiger partial charge in [0, 0.05) is 5.69 Å². The monoisotopic (exact) mass is 335 g/mol. The summed E-state index contributed by atoms with van der Waals surface area (Å²) in [5, 5.41) is 12.9. The number of benzene rings is 1. The summed E-state index contributed by atoms with van der Waals surface area (Å²) in [5.41, 5.74) is 1.94. The molecule has 0 aliphatic rings. The van der Waals surface area contributed by atoms with Gasteiger partial charge in [0.05, 0.1) is 0 Å². The SMILES string of the molecule is CC(C)c1ccc(Nc2nc(CS(=O)O)nnc2NC=O)cc1. The van der Waals surface area contributed by atoms with Crippen LogP contribution >= 0.6 is 0 Å². The van der Waals surface area contributed by atoms with Gasteiger partial charge in [-0.15, -0.1) is 10.2 Å². The van der Waals surface area contributed by atoms with Gasteiger partial charge in [-0.1, -0.05) is 26.0 Å². The second-order valence-corrected chi connectivity index (χ2v) is 5.99. The summed E-state index contributed by atoms with van der Waals surface area (Å²) in [6.07, 6.45) is 0.461. The molecule has 2 aromatic rings. The van der Waals surface area contributed by atoms with Crippen LogP contribution in [0.1, 0.15) is 31.2 Å². The van der Waals surface area contributed by atoms with Crippen LogP contribution in [0.15, 0.2) is 24.3 Å². The van der Waals surface area contributed by atoms with Crippen LogP contribution in [-0.4, -0.2) is 30.4 Å². The molecule has 1 heterocycles. The molecule has 1 atom stereocenters. The van der Waals surface area contributed by atoms with Gasteiger partial charge in [-0.3, -0.25) is 4.79 Å². The first-order chi connectivity index (χ1) is 11.0. The van der Waals surface area contributed by atoms with E-state index in [1.165, 1.54) is 5.56 Å². The lowest BCUT2D eigenvalue weighted by Gasteiger charge is -2.11. The number of nitrogens with one attached hydrogen (secondary N) is 2. The van der Waals surface area contributed by atoms with E-state index in [1.54, 1.807) is 0 Å². The second-order valence-electron chi connectivity index (χ2n) is 5.05. The highest BCUT2D eigenvalue weighted by Gasteiger charge is 2.11. The quantitative estimate of drug-likeness (QED) is 0.523. The zero-order chi connectivity index (χ0) is 16.8. The summed E-state index contributed by atoms with van der Waals surface area (Å²) in [6.45, 7) is 4.20. The van der Waals surface area contributed by atoms with Crippen molar-refractivity contribution in [3.8, 4) is 0 Å². The minimum Gasteiger partial charge on any atom is -0.337 e. The molecule has 23 heavy (non-hydrogen) atoms. The molecule has 0 saturated carbocycles. The third-order valence-corrected chi connectivity index (χ3v) is 3.52. The first-order valence-corrected chi connectivity index (χ1v) is 8.15. The van der Waals surface area contributed by atoms with E-state index in [0.717, 1.165) is 5.69 Å². The molecule has 0 aliphatic heterocycles. The lowest BCUT2D eigenvalue weighted by Crippen LogP contribution is -2.10. The Hall–Kier alpha value is -2.39. The molecule has 0 saturated heterocycles. The Morgan fingerprint density at radius 1 is 1.22 bits per heavy atom. The zero-order valence-electron chi connectivity index (χ0n) is 12.7. The summed E-state index contributed by atoms with van der Waals surface area (Å²) < 4.78 is 19.8. The fraction of sp³-hybridized carbons (Fsp3) is 0.286. The Morgan fingerprint density at radius 2 is 1.91 bits per heavy atom. The van der Waals surface area contributed by atoms with E-state index in [2.05, 4.69) is 39.7 Å². The molecule has 3 N–H and O–H groups in total. The van der Waals surface area contributed by atoms with Gasteiger partial charge in [-0.2, -0.15) is 0 Å². The van der Waals surface area contributed by atoms with Crippen molar-refractivity contribution in [2.24, 2.45) is 0 Å². The molecular formula is C14H17N5O3S. The fourth-order valence-electron chi connectivity index (χ4n) is 1.86. The molecule has 1 aromatic heterocycles. The third-order valence-electron chi connectivity index (χ3n) is 3.02. The molecule has 0 bridgehead atoms. The standard InChI is InChI=1S/C14H17N5O3S/c1-9(2)10-3-5-11(6-4-10)16-14-13(15-8-20)19-18-12(17-14)7-23(21)22/h3-6,8-9H,7H2,1-2H3,(H,21,22)(H,15,19,20)(H,16,17,18). The second kappa shape index (κ2) is 7.75. The molecule has 8 nitrogen and oxygen atoms in total. The van der Waals surface area contributed by atoms with Crippen molar-refractivity contribution in [3.05, 3.63) is 35.7 Å². The van der Waals surface area contributed by atoms with Crippen molar-refractivity contribution in [2.75, 3.05) is 10.6 Å². The van der Waals surface area contributed by atoms with Crippen LogP contribution in [-0.2, 0) is 21.6 Å². The number of amides is 1. The van der Waals surface area contributed by atoms with E-state index in [0.29, 0.717) is 12.3 Å². The maximum Gasteiger partial charge on any atom is 0.212 e. The van der Waals surface area contributed by atoms with E-state index in [-0.39, 0.29) is 23.2 Å². The van der Waals surface area contributed by atoms with Crippen molar-refractivity contribution in [2.45, 2.75) is 25.5 Å². The van der Waals surface area contributed by atoms with Crippen LogP contribution in [0.25, 0.3) is 0 Å². The average molecular weight is 335 g/mol. The number of aromatic nitrogens is 3. The number of anilines is 3. The topological polar surface area (TPSA) is 117 Å². The van der Waals surface area contributed by atoms with Gasteiger partial charge in [0.25, 0.3) is 0 Å². The number of carbonyl (C=O) groups is 1. The van der Waals surface area contributed by atoms with E-state index in [9.17, 15) is 9.00 Å². The largest absolute Gasteiger partial charge is 0.337 e. The van der Waals surface area contributed by atoms with Gasteiger partial charge >= 0.3 is 0 Å². The van der Waals surface area contributed by atoms with Crippen molar-refractivity contribution in [3.63, 3.8) is 0 Å². The lowest BCUT2D eigenvalue weighted by molar-refractivity contribution is -0.105. The predicted molar refractivity (Wildman–Crippen MR) is 87.8 cm³/mol. The predicted octanol–water partition coefficient (Wildman–Crippen LogP) is 2.03. The van der Waals surface area contributed by atoms with Crippen LogP contribution in [0.4, 0.5) is 17.3 Å². The van der Waals surface area contributed by atoms with Gasteiger partial charge in [0.1, 0.15) is 5.75 Å². The first kappa shape index (κ1) is 17.0. The van der Waals surface area contributed by atoms with Crippen molar-refractivity contribution < 1.29 is 13.6 Å². The average Bonchev–Trinajstić information content (AvgIpc) is 2.50. The first-order valence-electron chi connectivity index (χ1n) is 6.88. The summed E-state index contributed by atoms with van der Waals surface area (Å²) >= 11 is -2.07. The van der Waals surface area contributed by atoms with Gasteiger partial charge in [-0.25, -0.2) is 9.19 Å². The summed E-state index contributed by atoms with van der Waals surface area (Å²) in [6, 6.07) is 7.73. The van der Waals surface area contributed by atoms with Gasteiger partial charge in [0.15, 0.2) is 28.5 Å². The number of carbonyl (C=O) groups excluding carboxylic acids is 1. The molecule has 0 aliphatic carbocycles. The number of hydrogen-bond acceptors (Lipinski definition) is 6. The highest BCUT2D eigenvalue weighted by atomic mass is 32.2. The summed E-state index contributed by atoms with van der Waals surface area (Å²) in [5.74, 6) is 0.673. The van der Waals surface area contributed by atoms with Crippen LogP contribution in [0.5, 0.6) is 0 Å². The summed E-state index contributed by atoms with van der Waals surface area (Å²) in [7, 11) is 0. The van der Waals surface area contributed by atoms with E-state index >= 15 is 0 Å². The molecule has 0 fully saturated rings. The zero-order valence-corrected chi connectivity index (χ0v) is 13.5. The normalized spacial score (nSPS) is 12.0. The molecule has 1 aromatic carbocycles. The minimum absolute atomic E-state index is 0.101. The third kappa shape index (κ3) is 4.80.